The molecule has 0 spiro atoms. The third-order valence-corrected chi connectivity index (χ3v) is 7.89. The molecule has 5 rings (SSSR count). The summed E-state index contributed by atoms with van der Waals surface area (Å²) in [5, 5.41) is 12.5. The molecule has 184 valence electrons. The van der Waals surface area contributed by atoms with Crippen LogP contribution in [0.25, 0.3) is 11.1 Å². The fraction of sp³-hybridized carbons (Fsp3) is 0.464. The smallest absolute Gasteiger partial charge is 0.408 e. The molecule has 3 atom stereocenters. The van der Waals surface area contributed by atoms with Gasteiger partial charge in [0.1, 0.15) is 18.2 Å². The minimum Gasteiger partial charge on any atom is -0.480 e. The van der Waals surface area contributed by atoms with Crippen LogP contribution in [0.2, 0.25) is 0 Å². The molecule has 0 bridgehead atoms. The summed E-state index contributed by atoms with van der Waals surface area (Å²) in [6.07, 6.45) is 3.21. The van der Waals surface area contributed by atoms with Crippen LogP contribution in [-0.2, 0) is 14.3 Å². The summed E-state index contributed by atoms with van der Waals surface area (Å²) in [6.45, 7) is 2.64. The highest BCUT2D eigenvalue weighted by atomic mass is 16.5. The van der Waals surface area contributed by atoms with Crippen LogP contribution in [0.15, 0.2) is 48.5 Å². The molecule has 35 heavy (non-hydrogen) atoms. The first-order valence-corrected chi connectivity index (χ1v) is 12.6. The summed E-state index contributed by atoms with van der Waals surface area (Å²) < 4.78 is 5.75. The minimum atomic E-state index is -1.13. The van der Waals surface area contributed by atoms with E-state index < -0.39 is 23.6 Å². The monoisotopic (exact) mass is 476 g/mol. The van der Waals surface area contributed by atoms with E-state index in [1.54, 1.807) is 0 Å². The largest absolute Gasteiger partial charge is 0.480 e. The lowest BCUT2D eigenvalue weighted by Crippen LogP contribution is -2.62. The Labute approximate surface area is 205 Å². The van der Waals surface area contributed by atoms with Crippen LogP contribution in [0, 0.1) is 5.92 Å². The van der Waals surface area contributed by atoms with Crippen LogP contribution in [0.1, 0.15) is 62.5 Å². The lowest BCUT2D eigenvalue weighted by atomic mass is 9.75. The Morgan fingerprint density at radius 3 is 2.31 bits per heavy atom. The topological polar surface area (TPSA) is 95.9 Å². The second-order valence-corrected chi connectivity index (χ2v) is 10.2. The Balaban J connectivity index is 1.33. The van der Waals surface area contributed by atoms with Gasteiger partial charge < -0.3 is 20.1 Å². The molecule has 2 aromatic rings. The van der Waals surface area contributed by atoms with Crippen molar-refractivity contribution in [2.75, 3.05) is 13.2 Å². The number of benzene rings is 2. The second kappa shape index (κ2) is 9.36. The van der Waals surface area contributed by atoms with Gasteiger partial charge >= 0.3 is 12.1 Å². The van der Waals surface area contributed by atoms with Crippen LogP contribution in [-0.4, -0.2) is 52.7 Å². The molecule has 1 heterocycles. The number of ether oxygens (including phenoxy) is 1. The predicted molar refractivity (Wildman–Crippen MR) is 131 cm³/mol. The number of hydrogen-bond acceptors (Lipinski definition) is 4. The summed E-state index contributed by atoms with van der Waals surface area (Å²) in [4.78, 5) is 40.0. The Hall–Kier alpha value is -3.35. The van der Waals surface area contributed by atoms with Gasteiger partial charge in [0.15, 0.2) is 0 Å². The van der Waals surface area contributed by atoms with Gasteiger partial charge in [0.25, 0.3) is 0 Å². The average molecular weight is 477 g/mol. The van der Waals surface area contributed by atoms with Gasteiger partial charge in [-0.25, -0.2) is 9.59 Å². The number of aliphatic carboxylic acids is 1. The number of carbonyl (C=O) groups excluding carboxylic acids is 2. The number of rotatable bonds is 5. The molecule has 1 saturated heterocycles. The first kappa shape index (κ1) is 23.4. The number of likely N-dealkylation sites (tertiary alicyclic amines) is 1. The molecular formula is C28H32N2O5. The van der Waals surface area contributed by atoms with Crippen molar-refractivity contribution in [2.45, 2.75) is 62.9 Å². The second-order valence-electron chi connectivity index (χ2n) is 10.2. The number of fused-ring (bicyclic) bond motifs is 3. The summed E-state index contributed by atoms with van der Waals surface area (Å²) in [5.74, 6) is -1.11. The van der Waals surface area contributed by atoms with E-state index in [0.29, 0.717) is 32.2 Å². The standard InChI is InChI=1S/C28H32N2O5/c1-18-8-6-14-28(16-18,26(33)30-15-7-13-24(30)25(31)32)29-27(34)35-17-23-21-11-4-2-9-19(21)20-10-3-5-12-22(20)23/h2-5,9-12,18,23-24H,6-8,13-17H2,1H3,(H,29,34)(H,31,32)/t18?,24-,28?/m1/s1. The lowest BCUT2D eigenvalue weighted by Gasteiger charge is -2.42. The molecule has 3 aliphatic rings. The van der Waals surface area contributed by atoms with Gasteiger partial charge in [0.05, 0.1) is 0 Å². The number of amides is 2. The van der Waals surface area contributed by atoms with E-state index in [9.17, 15) is 19.5 Å². The first-order valence-electron chi connectivity index (χ1n) is 12.6. The molecular weight excluding hydrogens is 444 g/mol. The first-order chi connectivity index (χ1) is 16.9. The zero-order valence-electron chi connectivity index (χ0n) is 20.0. The van der Waals surface area contributed by atoms with Gasteiger partial charge in [-0.1, -0.05) is 68.3 Å². The maximum atomic E-state index is 13.7. The maximum Gasteiger partial charge on any atom is 0.408 e. The molecule has 1 saturated carbocycles. The van der Waals surface area contributed by atoms with Crippen molar-refractivity contribution in [2.24, 2.45) is 5.92 Å². The molecule has 7 nitrogen and oxygen atoms in total. The van der Waals surface area contributed by atoms with E-state index in [2.05, 4.69) is 36.5 Å². The van der Waals surface area contributed by atoms with Crippen LogP contribution >= 0.6 is 0 Å². The molecule has 2 aliphatic carbocycles. The van der Waals surface area contributed by atoms with Gasteiger partial charge in [0.2, 0.25) is 5.91 Å². The van der Waals surface area contributed by atoms with Crippen LogP contribution < -0.4 is 5.32 Å². The molecule has 2 N–H and O–H groups in total. The fourth-order valence-corrected chi connectivity index (χ4v) is 6.28. The molecule has 0 radical (unpaired) electrons. The average Bonchev–Trinajstić information content (AvgIpc) is 3.46. The van der Waals surface area contributed by atoms with Crippen LogP contribution in [0.4, 0.5) is 4.79 Å². The van der Waals surface area contributed by atoms with Crippen molar-refractivity contribution in [3.8, 4) is 11.1 Å². The van der Waals surface area contributed by atoms with E-state index in [1.807, 2.05) is 24.3 Å². The minimum absolute atomic E-state index is 0.0694. The van der Waals surface area contributed by atoms with Gasteiger partial charge in [-0.15, -0.1) is 0 Å². The van der Waals surface area contributed by atoms with E-state index in [0.717, 1.165) is 35.1 Å². The zero-order valence-corrected chi connectivity index (χ0v) is 20.0. The Kier molecular flexibility index (Phi) is 6.26. The third kappa shape index (κ3) is 4.28. The summed E-state index contributed by atoms with van der Waals surface area (Å²) in [7, 11) is 0. The van der Waals surface area contributed by atoms with Crippen molar-refractivity contribution in [1.29, 1.82) is 0 Å². The predicted octanol–water partition coefficient (Wildman–Crippen LogP) is 4.55. The zero-order chi connectivity index (χ0) is 24.6. The van der Waals surface area contributed by atoms with E-state index >= 15 is 0 Å². The highest BCUT2D eigenvalue weighted by Gasteiger charge is 2.49. The van der Waals surface area contributed by atoms with Crippen molar-refractivity contribution in [1.82, 2.24) is 10.2 Å². The van der Waals surface area contributed by atoms with Crippen molar-refractivity contribution < 1.29 is 24.2 Å². The number of hydrogen-bond donors (Lipinski definition) is 2. The number of nitrogens with zero attached hydrogens (tertiary/aromatic N) is 1. The summed E-state index contributed by atoms with van der Waals surface area (Å²) >= 11 is 0. The van der Waals surface area contributed by atoms with E-state index in [-0.39, 0.29) is 24.3 Å². The molecule has 2 amide bonds. The maximum absolute atomic E-state index is 13.7. The highest BCUT2D eigenvalue weighted by molar-refractivity contribution is 5.93. The van der Waals surface area contributed by atoms with Crippen molar-refractivity contribution in [3.63, 3.8) is 0 Å². The lowest BCUT2D eigenvalue weighted by molar-refractivity contribution is -0.152. The van der Waals surface area contributed by atoms with Crippen LogP contribution in [0.5, 0.6) is 0 Å². The molecule has 2 fully saturated rings. The number of nitrogens with one attached hydrogen (secondary N) is 1. The normalized spacial score (nSPS) is 25.6. The third-order valence-electron chi connectivity index (χ3n) is 7.89. The SMILES string of the molecule is CC1CCCC(NC(=O)OCC2c3ccccc3-c3ccccc32)(C(=O)N2CCC[C@@H]2C(=O)O)C1. The Morgan fingerprint density at radius 2 is 1.69 bits per heavy atom. The summed E-state index contributed by atoms with van der Waals surface area (Å²) in [6, 6.07) is 15.5. The van der Waals surface area contributed by atoms with Gasteiger partial charge in [-0.3, -0.25) is 4.79 Å². The van der Waals surface area contributed by atoms with Crippen molar-refractivity contribution >= 4 is 18.0 Å². The highest BCUT2D eigenvalue weighted by Crippen LogP contribution is 2.44. The molecule has 2 aromatic carbocycles. The molecule has 0 aromatic heterocycles. The van der Waals surface area contributed by atoms with Gasteiger partial charge in [0, 0.05) is 12.5 Å². The summed E-state index contributed by atoms with van der Waals surface area (Å²) in [5.41, 5.74) is 3.43. The molecule has 7 heteroatoms. The van der Waals surface area contributed by atoms with Crippen LogP contribution in [0.3, 0.4) is 0 Å². The van der Waals surface area contributed by atoms with E-state index in [4.69, 9.17) is 4.74 Å². The molecule has 2 unspecified atom stereocenters. The van der Waals surface area contributed by atoms with E-state index in [1.165, 1.54) is 4.90 Å². The van der Waals surface area contributed by atoms with Gasteiger partial charge in [-0.05, 0) is 53.9 Å². The Morgan fingerprint density at radius 1 is 1.03 bits per heavy atom. The fourth-order valence-electron chi connectivity index (χ4n) is 6.28. The number of alkyl carbamates (subject to hydrolysis) is 1. The molecule has 1 aliphatic heterocycles. The Bertz CT molecular complexity index is 1100. The van der Waals surface area contributed by atoms with Crippen molar-refractivity contribution in [3.05, 3.63) is 59.7 Å². The van der Waals surface area contributed by atoms with Gasteiger partial charge in [-0.2, -0.15) is 0 Å². The number of carboxylic acids is 1. The number of carboxylic acid groups (broad SMARTS) is 1. The number of carbonyl (C=O) groups is 3. The quantitative estimate of drug-likeness (QED) is 0.660.